The maximum atomic E-state index is 5.98. The second-order valence-corrected chi connectivity index (χ2v) is 4.53. The van der Waals surface area contributed by atoms with Gasteiger partial charge in [0.25, 0.3) is 0 Å². The second kappa shape index (κ2) is 4.93. The second-order valence-electron chi connectivity index (χ2n) is 4.53. The molecule has 2 N–H and O–H groups in total. The third-order valence-corrected chi connectivity index (χ3v) is 3.27. The van der Waals surface area contributed by atoms with Crippen LogP contribution in [-0.4, -0.2) is 34.0 Å². The van der Waals surface area contributed by atoms with Crippen molar-refractivity contribution in [3.63, 3.8) is 0 Å². The summed E-state index contributed by atoms with van der Waals surface area (Å²) in [6.45, 7) is 0. The third-order valence-electron chi connectivity index (χ3n) is 3.27. The van der Waals surface area contributed by atoms with Gasteiger partial charge in [-0.05, 0) is 12.1 Å². The fraction of sp³-hybridized carbons (Fsp3) is 0.214. The summed E-state index contributed by atoms with van der Waals surface area (Å²) in [5, 5.41) is 5.21. The third kappa shape index (κ3) is 2.12. The average Bonchev–Trinajstić information content (AvgIpc) is 2.85. The van der Waals surface area contributed by atoms with Crippen LogP contribution in [0.2, 0.25) is 0 Å². The van der Waals surface area contributed by atoms with Crippen LogP contribution in [0.4, 0.5) is 5.82 Å². The fourth-order valence-electron chi connectivity index (χ4n) is 2.26. The van der Waals surface area contributed by atoms with Gasteiger partial charge in [0.15, 0.2) is 5.65 Å². The molecular formula is C14H15N5O2. The molecule has 0 aliphatic heterocycles. The Kier molecular flexibility index (Phi) is 3.09. The number of benzene rings is 1. The number of rotatable bonds is 3. The van der Waals surface area contributed by atoms with Crippen LogP contribution in [0.5, 0.6) is 11.5 Å². The monoisotopic (exact) mass is 285 g/mol. The van der Waals surface area contributed by atoms with Gasteiger partial charge in [0.2, 0.25) is 0 Å². The first kappa shape index (κ1) is 13.2. The van der Waals surface area contributed by atoms with Crippen LogP contribution >= 0.6 is 0 Å². The van der Waals surface area contributed by atoms with Crippen LogP contribution < -0.4 is 15.2 Å². The van der Waals surface area contributed by atoms with E-state index in [1.54, 1.807) is 25.0 Å². The first-order chi connectivity index (χ1) is 10.1. The predicted molar refractivity (Wildman–Crippen MR) is 79.3 cm³/mol. The number of nitrogens with two attached hydrogens (primary N) is 1. The van der Waals surface area contributed by atoms with Crippen molar-refractivity contribution in [1.82, 2.24) is 19.7 Å². The lowest BCUT2D eigenvalue weighted by atomic mass is 10.1. The van der Waals surface area contributed by atoms with Gasteiger partial charge in [-0.25, -0.2) is 14.6 Å². The molecule has 0 saturated carbocycles. The first-order valence-corrected chi connectivity index (χ1v) is 6.30. The van der Waals surface area contributed by atoms with Crippen LogP contribution in [-0.2, 0) is 7.05 Å². The van der Waals surface area contributed by atoms with E-state index in [0.717, 1.165) is 10.9 Å². The van der Waals surface area contributed by atoms with Crippen LogP contribution in [0.3, 0.4) is 0 Å². The molecule has 0 atom stereocenters. The SMILES string of the molecule is COc1cc(OC)cc(-c2nn(C)c3ncnc(N)c23)c1. The highest BCUT2D eigenvalue weighted by Crippen LogP contribution is 2.34. The summed E-state index contributed by atoms with van der Waals surface area (Å²) < 4.78 is 12.3. The summed E-state index contributed by atoms with van der Waals surface area (Å²) in [7, 11) is 5.02. The molecule has 3 aromatic rings. The lowest BCUT2D eigenvalue weighted by Gasteiger charge is -2.07. The van der Waals surface area contributed by atoms with Gasteiger partial charge in [-0.3, -0.25) is 0 Å². The van der Waals surface area contributed by atoms with E-state index in [4.69, 9.17) is 15.2 Å². The van der Waals surface area contributed by atoms with Gasteiger partial charge in [-0.2, -0.15) is 5.10 Å². The van der Waals surface area contributed by atoms with Gasteiger partial charge in [-0.1, -0.05) is 0 Å². The molecule has 108 valence electrons. The van der Waals surface area contributed by atoms with Gasteiger partial charge in [0.1, 0.15) is 29.3 Å². The van der Waals surface area contributed by atoms with Crippen molar-refractivity contribution in [2.75, 3.05) is 20.0 Å². The zero-order chi connectivity index (χ0) is 15.0. The number of fused-ring (bicyclic) bond motifs is 1. The molecule has 21 heavy (non-hydrogen) atoms. The number of hydrogen-bond donors (Lipinski definition) is 1. The van der Waals surface area contributed by atoms with Crippen molar-refractivity contribution in [3.05, 3.63) is 24.5 Å². The molecule has 0 bridgehead atoms. The van der Waals surface area contributed by atoms with Crippen molar-refractivity contribution < 1.29 is 9.47 Å². The molecule has 7 nitrogen and oxygen atoms in total. The molecule has 0 fully saturated rings. The molecular weight excluding hydrogens is 270 g/mol. The fourth-order valence-corrected chi connectivity index (χ4v) is 2.26. The van der Waals surface area contributed by atoms with E-state index in [-0.39, 0.29) is 0 Å². The molecule has 2 heterocycles. The lowest BCUT2D eigenvalue weighted by molar-refractivity contribution is 0.394. The van der Waals surface area contributed by atoms with Crippen molar-refractivity contribution in [1.29, 1.82) is 0 Å². The predicted octanol–water partition coefficient (Wildman–Crippen LogP) is 1.63. The molecule has 0 saturated heterocycles. The minimum Gasteiger partial charge on any atom is -0.497 e. The highest BCUT2D eigenvalue weighted by molar-refractivity contribution is 5.98. The summed E-state index contributed by atoms with van der Waals surface area (Å²) in [5.74, 6) is 1.75. The van der Waals surface area contributed by atoms with E-state index in [1.807, 2.05) is 19.2 Å². The first-order valence-electron chi connectivity index (χ1n) is 6.30. The van der Waals surface area contributed by atoms with Crippen molar-refractivity contribution in [2.24, 2.45) is 7.05 Å². The zero-order valence-electron chi connectivity index (χ0n) is 12.0. The number of aryl methyl sites for hydroxylation is 1. The minimum atomic E-state index is 0.393. The maximum absolute atomic E-state index is 5.98. The molecule has 1 aromatic carbocycles. The Morgan fingerprint density at radius 2 is 1.71 bits per heavy atom. The van der Waals surface area contributed by atoms with Crippen molar-refractivity contribution in [2.45, 2.75) is 0 Å². The normalized spacial score (nSPS) is 10.8. The van der Waals surface area contributed by atoms with Gasteiger partial charge in [0, 0.05) is 18.7 Å². The van der Waals surface area contributed by atoms with Crippen LogP contribution in [0.25, 0.3) is 22.3 Å². The Hall–Kier alpha value is -2.83. The number of methoxy groups -OCH3 is 2. The molecule has 0 amide bonds. The van der Waals surface area contributed by atoms with Gasteiger partial charge < -0.3 is 15.2 Å². The topological polar surface area (TPSA) is 88.1 Å². The molecule has 0 spiro atoms. The molecule has 7 heteroatoms. The standard InChI is InChI=1S/C14H15N5O2/c1-19-14-11(13(15)16-7-17-14)12(18-19)8-4-9(20-2)6-10(5-8)21-3/h4-7H,1-3H3,(H2,15,16,17). The number of nitrogens with zero attached hydrogens (tertiary/aromatic N) is 4. The Morgan fingerprint density at radius 1 is 1.05 bits per heavy atom. The smallest absolute Gasteiger partial charge is 0.163 e. The number of aromatic nitrogens is 4. The van der Waals surface area contributed by atoms with E-state index in [9.17, 15) is 0 Å². The zero-order valence-corrected chi connectivity index (χ0v) is 12.0. The number of ether oxygens (including phenoxy) is 2. The van der Waals surface area contributed by atoms with E-state index in [1.165, 1.54) is 6.33 Å². The molecule has 0 aliphatic rings. The Labute approximate surface area is 121 Å². The van der Waals surface area contributed by atoms with Gasteiger partial charge in [-0.15, -0.1) is 0 Å². The summed E-state index contributed by atoms with van der Waals surface area (Å²) >= 11 is 0. The lowest BCUT2D eigenvalue weighted by Crippen LogP contribution is -1.95. The largest absolute Gasteiger partial charge is 0.497 e. The molecule has 0 unspecified atom stereocenters. The van der Waals surface area contributed by atoms with Crippen molar-refractivity contribution >= 4 is 16.9 Å². The molecule has 0 radical (unpaired) electrons. The van der Waals surface area contributed by atoms with E-state index >= 15 is 0 Å². The average molecular weight is 285 g/mol. The highest BCUT2D eigenvalue weighted by atomic mass is 16.5. The van der Waals surface area contributed by atoms with E-state index in [0.29, 0.717) is 28.7 Å². The Balaban J connectivity index is 2.30. The summed E-state index contributed by atoms with van der Waals surface area (Å²) in [5.41, 5.74) is 8.19. The van der Waals surface area contributed by atoms with Gasteiger partial charge >= 0.3 is 0 Å². The summed E-state index contributed by atoms with van der Waals surface area (Å²) in [4.78, 5) is 8.26. The molecule has 0 aliphatic carbocycles. The number of hydrogen-bond acceptors (Lipinski definition) is 6. The summed E-state index contributed by atoms with van der Waals surface area (Å²) in [6, 6.07) is 5.54. The van der Waals surface area contributed by atoms with Crippen LogP contribution in [0.1, 0.15) is 0 Å². The Morgan fingerprint density at radius 3 is 2.33 bits per heavy atom. The van der Waals surface area contributed by atoms with Gasteiger partial charge in [0.05, 0.1) is 19.6 Å². The molecule has 2 aromatic heterocycles. The number of nitrogen functional groups attached to an aromatic ring is 1. The van der Waals surface area contributed by atoms with E-state index in [2.05, 4.69) is 15.1 Å². The Bertz CT molecular complexity index is 790. The molecule has 3 rings (SSSR count). The summed E-state index contributed by atoms with van der Waals surface area (Å²) in [6.07, 6.45) is 1.43. The van der Waals surface area contributed by atoms with Crippen LogP contribution in [0, 0.1) is 0 Å². The van der Waals surface area contributed by atoms with E-state index < -0.39 is 0 Å². The van der Waals surface area contributed by atoms with Crippen molar-refractivity contribution in [3.8, 4) is 22.8 Å². The number of anilines is 1. The maximum Gasteiger partial charge on any atom is 0.163 e. The quantitative estimate of drug-likeness (QED) is 0.787. The van der Waals surface area contributed by atoms with Crippen LogP contribution in [0.15, 0.2) is 24.5 Å². The highest BCUT2D eigenvalue weighted by Gasteiger charge is 2.16. The minimum absolute atomic E-state index is 0.393.